The lowest BCUT2D eigenvalue weighted by atomic mass is 10.6. The monoisotopic (exact) mass is 126 g/mol. The first-order valence-corrected chi connectivity index (χ1v) is 2.39. The number of aliphatic imine (C=N–C) groups is 1. The summed E-state index contributed by atoms with van der Waals surface area (Å²) in [6.07, 6.45) is 2.66. The molecule has 0 bridgehead atoms. The van der Waals surface area contributed by atoms with E-state index in [0.29, 0.717) is 0 Å². The first-order chi connectivity index (χ1) is 4.18. The standard InChI is InChI=1S/C5H10N4/c1-3-8-4-5(6)9(2)7/h3-4,6H,1,7H2,2H3. The van der Waals surface area contributed by atoms with Gasteiger partial charge in [0, 0.05) is 13.2 Å². The van der Waals surface area contributed by atoms with E-state index in [2.05, 4.69) is 11.6 Å². The largest absolute Gasteiger partial charge is 0.297 e. The fourth-order valence-corrected chi connectivity index (χ4v) is 0.214. The molecule has 0 radical (unpaired) electrons. The van der Waals surface area contributed by atoms with E-state index in [0.717, 1.165) is 5.01 Å². The molecule has 0 saturated carbocycles. The van der Waals surface area contributed by atoms with Gasteiger partial charge >= 0.3 is 0 Å². The molecule has 0 rings (SSSR count). The van der Waals surface area contributed by atoms with Crippen molar-refractivity contribution in [3.63, 3.8) is 0 Å². The molecule has 0 unspecified atom stereocenters. The van der Waals surface area contributed by atoms with Gasteiger partial charge < -0.3 is 0 Å². The van der Waals surface area contributed by atoms with Crippen molar-refractivity contribution in [1.82, 2.24) is 5.01 Å². The first kappa shape index (κ1) is 7.84. The number of rotatable bonds is 2. The summed E-state index contributed by atoms with van der Waals surface area (Å²) < 4.78 is 0. The van der Waals surface area contributed by atoms with Gasteiger partial charge in [-0.2, -0.15) is 0 Å². The molecule has 0 heterocycles. The topological polar surface area (TPSA) is 65.5 Å². The zero-order valence-electron chi connectivity index (χ0n) is 5.33. The molecule has 0 atom stereocenters. The van der Waals surface area contributed by atoms with Crippen LogP contribution >= 0.6 is 0 Å². The highest BCUT2D eigenvalue weighted by atomic mass is 15.4. The van der Waals surface area contributed by atoms with E-state index in [9.17, 15) is 0 Å². The molecule has 50 valence electrons. The molecular formula is C5H10N4. The van der Waals surface area contributed by atoms with Gasteiger partial charge in [0.2, 0.25) is 0 Å². The maximum absolute atomic E-state index is 7.05. The lowest BCUT2D eigenvalue weighted by molar-refractivity contribution is 0.543. The van der Waals surface area contributed by atoms with Gasteiger partial charge in [0.15, 0.2) is 5.84 Å². The summed E-state index contributed by atoms with van der Waals surface area (Å²) in [5.74, 6) is 5.31. The Balaban J connectivity index is 3.76. The van der Waals surface area contributed by atoms with E-state index < -0.39 is 0 Å². The van der Waals surface area contributed by atoms with E-state index in [1.807, 2.05) is 0 Å². The number of amidine groups is 1. The van der Waals surface area contributed by atoms with Crippen LogP contribution in [0, 0.1) is 5.41 Å². The third-order valence-electron chi connectivity index (χ3n) is 0.682. The van der Waals surface area contributed by atoms with Crippen LogP contribution in [0.4, 0.5) is 0 Å². The van der Waals surface area contributed by atoms with Gasteiger partial charge in [0.25, 0.3) is 0 Å². The minimum absolute atomic E-state index is 0.148. The van der Waals surface area contributed by atoms with Crippen LogP contribution in [0.5, 0.6) is 0 Å². The Morgan fingerprint density at radius 2 is 2.44 bits per heavy atom. The van der Waals surface area contributed by atoms with Crippen molar-refractivity contribution in [3.05, 3.63) is 12.8 Å². The van der Waals surface area contributed by atoms with Gasteiger partial charge in [-0.05, 0) is 0 Å². The summed E-state index contributed by atoms with van der Waals surface area (Å²) in [5, 5.41) is 8.21. The number of nitrogens with two attached hydrogens (primary N) is 1. The summed E-state index contributed by atoms with van der Waals surface area (Å²) in [4.78, 5) is 3.59. The van der Waals surface area contributed by atoms with Crippen molar-refractivity contribution >= 4 is 12.1 Å². The minimum atomic E-state index is 0.148. The van der Waals surface area contributed by atoms with Gasteiger partial charge in [-0.25, -0.2) is 5.84 Å². The summed E-state index contributed by atoms with van der Waals surface area (Å²) >= 11 is 0. The molecule has 0 fully saturated rings. The SMILES string of the molecule is C=CN=CC(=N)N(C)N. The summed E-state index contributed by atoms with van der Waals surface area (Å²) in [6.45, 7) is 3.34. The van der Waals surface area contributed by atoms with Gasteiger partial charge in [0.1, 0.15) is 0 Å². The summed E-state index contributed by atoms with van der Waals surface area (Å²) in [7, 11) is 1.57. The van der Waals surface area contributed by atoms with Crippen LogP contribution in [0.1, 0.15) is 0 Å². The molecule has 4 heteroatoms. The van der Waals surface area contributed by atoms with E-state index in [1.165, 1.54) is 12.4 Å². The first-order valence-electron chi connectivity index (χ1n) is 2.39. The quantitative estimate of drug-likeness (QED) is 0.236. The molecule has 3 N–H and O–H groups in total. The summed E-state index contributed by atoms with van der Waals surface area (Å²) in [6, 6.07) is 0. The van der Waals surface area contributed by atoms with E-state index >= 15 is 0 Å². The molecule has 0 aliphatic heterocycles. The van der Waals surface area contributed by atoms with Gasteiger partial charge in [-0.1, -0.05) is 6.58 Å². The van der Waals surface area contributed by atoms with Crippen LogP contribution in [-0.4, -0.2) is 24.1 Å². The molecule has 0 aromatic carbocycles. The van der Waals surface area contributed by atoms with Crippen molar-refractivity contribution in [3.8, 4) is 0 Å². The van der Waals surface area contributed by atoms with Crippen molar-refractivity contribution in [2.75, 3.05) is 7.05 Å². The average Bonchev–Trinajstić information content (AvgIpc) is 1.82. The second-order valence-corrected chi connectivity index (χ2v) is 1.46. The van der Waals surface area contributed by atoms with Gasteiger partial charge in [-0.3, -0.25) is 15.4 Å². The number of nitrogens with zero attached hydrogens (tertiary/aromatic N) is 2. The fourth-order valence-electron chi connectivity index (χ4n) is 0.214. The summed E-state index contributed by atoms with van der Waals surface area (Å²) in [5.41, 5.74) is 0. The van der Waals surface area contributed by atoms with E-state index in [4.69, 9.17) is 11.3 Å². The maximum atomic E-state index is 7.05. The lowest BCUT2D eigenvalue weighted by Gasteiger charge is -2.06. The number of hydrogen-bond donors (Lipinski definition) is 2. The normalized spacial score (nSPS) is 9.56. The number of hydrazine groups is 1. The fraction of sp³-hybridized carbons (Fsp3) is 0.200. The van der Waals surface area contributed by atoms with Gasteiger partial charge in [-0.15, -0.1) is 0 Å². The molecule has 4 nitrogen and oxygen atoms in total. The van der Waals surface area contributed by atoms with Crippen LogP contribution < -0.4 is 5.84 Å². The molecule has 0 spiro atoms. The smallest absolute Gasteiger partial charge is 0.153 e. The van der Waals surface area contributed by atoms with Crippen LogP contribution in [0.3, 0.4) is 0 Å². The zero-order chi connectivity index (χ0) is 7.28. The van der Waals surface area contributed by atoms with Crippen molar-refractivity contribution in [2.24, 2.45) is 10.8 Å². The van der Waals surface area contributed by atoms with E-state index in [-0.39, 0.29) is 5.84 Å². The highest BCUT2D eigenvalue weighted by molar-refractivity contribution is 6.27. The Hall–Kier alpha value is -1.16. The highest BCUT2D eigenvalue weighted by Crippen LogP contribution is 1.71. The Labute approximate surface area is 54.2 Å². The minimum Gasteiger partial charge on any atom is -0.297 e. The Bertz CT molecular complexity index is 136. The maximum Gasteiger partial charge on any atom is 0.153 e. The van der Waals surface area contributed by atoms with E-state index in [1.54, 1.807) is 7.05 Å². The van der Waals surface area contributed by atoms with Crippen molar-refractivity contribution in [1.29, 1.82) is 5.41 Å². The van der Waals surface area contributed by atoms with Crippen molar-refractivity contribution < 1.29 is 0 Å². The van der Waals surface area contributed by atoms with Crippen LogP contribution in [0.2, 0.25) is 0 Å². The van der Waals surface area contributed by atoms with Gasteiger partial charge in [0.05, 0.1) is 6.21 Å². The Morgan fingerprint density at radius 3 is 2.78 bits per heavy atom. The molecule has 0 saturated heterocycles. The Kier molecular flexibility index (Phi) is 3.31. The number of hydrogen-bond acceptors (Lipinski definition) is 3. The molecule has 9 heavy (non-hydrogen) atoms. The highest BCUT2D eigenvalue weighted by Gasteiger charge is 1.90. The average molecular weight is 126 g/mol. The zero-order valence-corrected chi connectivity index (χ0v) is 5.33. The van der Waals surface area contributed by atoms with Crippen LogP contribution in [0.25, 0.3) is 0 Å². The third kappa shape index (κ3) is 3.42. The predicted molar refractivity (Wildman–Crippen MR) is 38.4 cm³/mol. The molecular weight excluding hydrogens is 116 g/mol. The third-order valence-corrected chi connectivity index (χ3v) is 0.682. The molecule has 0 aromatic heterocycles. The van der Waals surface area contributed by atoms with Crippen LogP contribution in [-0.2, 0) is 0 Å². The number of nitrogens with one attached hydrogen (secondary N) is 1. The second-order valence-electron chi connectivity index (χ2n) is 1.46. The van der Waals surface area contributed by atoms with Crippen molar-refractivity contribution in [2.45, 2.75) is 0 Å². The lowest BCUT2D eigenvalue weighted by Crippen LogP contribution is -2.33. The molecule has 0 aromatic rings. The molecule has 0 aliphatic carbocycles. The predicted octanol–water partition coefficient (Wildman–Crippen LogP) is -0.0165. The molecule has 0 amide bonds. The second kappa shape index (κ2) is 3.80. The Morgan fingerprint density at radius 1 is 1.89 bits per heavy atom. The van der Waals surface area contributed by atoms with Crippen LogP contribution in [0.15, 0.2) is 17.8 Å². The molecule has 0 aliphatic rings.